The molecule has 1 aromatic carbocycles. The zero-order chi connectivity index (χ0) is 18.3. The Kier molecular flexibility index (Phi) is 4.12. The van der Waals surface area contributed by atoms with Gasteiger partial charge in [0, 0.05) is 44.8 Å². The predicted octanol–water partition coefficient (Wildman–Crippen LogP) is 1.35. The Labute approximate surface area is 150 Å². The SMILES string of the molecule is Cn1nc(S(=O)(=O)c2cccc(F)c2)c2ccnc(N3CCNCC3)c21. The highest BCUT2D eigenvalue weighted by Gasteiger charge is 2.27. The summed E-state index contributed by atoms with van der Waals surface area (Å²) in [4.78, 5) is 6.45. The number of hydrogen-bond donors (Lipinski definition) is 1. The summed E-state index contributed by atoms with van der Waals surface area (Å²) < 4.78 is 41.1. The summed E-state index contributed by atoms with van der Waals surface area (Å²) in [5.41, 5.74) is 0.657. The molecule has 0 atom stereocenters. The fourth-order valence-electron chi connectivity index (χ4n) is 3.23. The maximum absolute atomic E-state index is 13.5. The molecule has 4 rings (SSSR count). The van der Waals surface area contributed by atoms with Crippen molar-refractivity contribution in [3.05, 3.63) is 42.3 Å². The molecule has 1 aliphatic heterocycles. The fraction of sp³-hybridized carbons (Fsp3) is 0.294. The summed E-state index contributed by atoms with van der Waals surface area (Å²) in [5, 5.41) is 7.93. The van der Waals surface area contributed by atoms with Gasteiger partial charge in [0.2, 0.25) is 9.84 Å². The number of piperazine rings is 1. The third kappa shape index (κ3) is 2.73. The summed E-state index contributed by atoms with van der Waals surface area (Å²) in [5.74, 6) is 0.106. The molecule has 0 unspecified atom stereocenters. The second kappa shape index (κ2) is 6.33. The van der Waals surface area contributed by atoms with Crippen LogP contribution in [-0.4, -0.2) is 49.4 Å². The monoisotopic (exact) mass is 375 g/mol. The number of pyridine rings is 1. The Morgan fingerprint density at radius 1 is 1.19 bits per heavy atom. The number of sulfone groups is 1. The van der Waals surface area contributed by atoms with Crippen LogP contribution in [0.5, 0.6) is 0 Å². The van der Waals surface area contributed by atoms with E-state index in [0.717, 1.165) is 32.2 Å². The smallest absolute Gasteiger partial charge is 0.226 e. The minimum absolute atomic E-state index is 0.0839. The van der Waals surface area contributed by atoms with Crippen molar-refractivity contribution in [3.8, 4) is 0 Å². The van der Waals surface area contributed by atoms with E-state index in [2.05, 4.69) is 20.3 Å². The molecule has 0 aliphatic carbocycles. The summed E-state index contributed by atoms with van der Waals surface area (Å²) in [6.07, 6.45) is 1.59. The van der Waals surface area contributed by atoms with E-state index in [1.54, 1.807) is 19.3 Å². The quantitative estimate of drug-likeness (QED) is 0.744. The standard InChI is InChI=1S/C17H18FN5O2S/c1-22-15-14(5-6-20-16(15)23-9-7-19-8-10-23)17(21-22)26(24,25)13-4-2-3-12(18)11-13/h2-6,11,19H,7-10H2,1H3. The van der Waals surface area contributed by atoms with Gasteiger partial charge < -0.3 is 10.2 Å². The van der Waals surface area contributed by atoms with Crippen molar-refractivity contribution in [2.24, 2.45) is 7.05 Å². The molecule has 1 N–H and O–H groups in total. The molecule has 3 aromatic rings. The van der Waals surface area contributed by atoms with E-state index in [1.165, 1.54) is 22.9 Å². The van der Waals surface area contributed by atoms with Gasteiger partial charge in [0.05, 0.1) is 4.90 Å². The molecule has 0 spiro atoms. The van der Waals surface area contributed by atoms with Crippen LogP contribution in [-0.2, 0) is 16.9 Å². The summed E-state index contributed by atoms with van der Waals surface area (Å²) >= 11 is 0. The summed E-state index contributed by atoms with van der Waals surface area (Å²) in [6.45, 7) is 3.24. The van der Waals surface area contributed by atoms with Crippen molar-refractivity contribution < 1.29 is 12.8 Å². The fourth-order valence-corrected chi connectivity index (χ4v) is 4.66. The molecule has 26 heavy (non-hydrogen) atoms. The van der Waals surface area contributed by atoms with Gasteiger partial charge in [-0.05, 0) is 24.3 Å². The Bertz CT molecular complexity index is 1070. The van der Waals surface area contributed by atoms with Crippen molar-refractivity contribution in [1.82, 2.24) is 20.1 Å². The van der Waals surface area contributed by atoms with Gasteiger partial charge in [-0.2, -0.15) is 5.10 Å². The second-order valence-corrected chi connectivity index (χ2v) is 8.02. The van der Waals surface area contributed by atoms with E-state index in [4.69, 9.17) is 0 Å². The molecule has 0 amide bonds. The van der Waals surface area contributed by atoms with Crippen molar-refractivity contribution in [1.29, 1.82) is 0 Å². The van der Waals surface area contributed by atoms with E-state index < -0.39 is 15.7 Å². The highest BCUT2D eigenvalue weighted by molar-refractivity contribution is 7.91. The van der Waals surface area contributed by atoms with Crippen LogP contribution >= 0.6 is 0 Å². The van der Waals surface area contributed by atoms with Gasteiger partial charge in [-0.15, -0.1) is 0 Å². The first-order valence-corrected chi connectivity index (χ1v) is 9.75. The van der Waals surface area contributed by atoms with Gasteiger partial charge in [0.25, 0.3) is 0 Å². The molecule has 1 aliphatic rings. The lowest BCUT2D eigenvalue weighted by Gasteiger charge is -2.28. The molecule has 0 saturated carbocycles. The number of anilines is 1. The molecule has 9 heteroatoms. The largest absolute Gasteiger partial charge is 0.352 e. The van der Waals surface area contributed by atoms with Crippen molar-refractivity contribution in [3.63, 3.8) is 0 Å². The van der Waals surface area contributed by atoms with Crippen LogP contribution in [0.25, 0.3) is 10.9 Å². The number of benzene rings is 1. The Balaban J connectivity index is 1.90. The molecular weight excluding hydrogens is 357 g/mol. The third-order valence-electron chi connectivity index (χ3n) is 4.48. The van der Waals surface area contributed by atoms with E-state index in [9.17, 15) is 12.8 Å². The average molecular weight is 375 g/mol. The normalized spacial score (nSPS) is 15.5. The average Bonchev–Trinajstić information content (AvgIpc) is 3.00. The van der Waals surface area contributed by atoms with Crippen molar-refractivity contribution in [2.45, 2.75) is 9.92 Å². The molecule has 2 aromatic heterocycles. The number of aryl methyl sites for hydroxylation is 1. The Hall–Kier alpha value is -2.52. The topological polar surface area (TPSA) is 80.1 Å². The zero-order valence-electron chi connectivity index (χ0n) is 14.2. The number of nitrogens with zero attached hydrogens (tertiary/aromatic N) is 4. The van der Waals surface area contributed by atoms with E-state index >= 15 is 0 Å². The van der Waals surface area contributed by atoms with E-state index in [-0.39, 0.29) is 9.92 Å². The predicted molar refractivity (Wildman–Crippen MR) is 95.4 cm³/mol. The van der Waals surface area contributed by atoms with Crippen molar-refractivity contribution in [2.75, 3.05) is 31.1 Å². The van der Waals surface area contributed by atoms with Crippen LogP contribution < -0.4 is 10.2 Å². The molecular formula is C17H18FN5O2S. The van der Waals surface area contributed by atoms with E-state index in [1.807, 2.05) is 0 Å². The van der Waals surface area contributed by atoms with Crippen LogP contribution in [0.3, 0.4) is 0 Å². The maximum atomic E-state index is 13.5. The van der Waals surface area contributed by atoms with Gasteiger partial charge in [-0.3, -0.25) is 4.68 Å². The summed E-state index contributed by atoms with van der Waals surface area (Å²) in [7, 11) is -2.25. The van der Waals surface area contributed by atoms with Crippen LogP contribution in [0.15, 0.2) is 46.5 Å². The minimum Gasteiger partial charge on any atom is -0.352 e. The molecule has 3 heterocycles. The lowest BCUT2D eigenvalue weighted by atomic mass is 10.2. The second-order valence-electron chi connectivity index (χ2n) is 6.16. The Morgan fingerprint density at radius 3 is 2.69 bits per heavy atom. The minimum atomic E-state index is -3.95. The number of hydrogen-bond acceptors (Lipinski definition) is 6. The van der Waals surface area contributed by atoms with Gasteiger partial charge in [0.15, 0.2) is 10.8 Å². The number of aromatic nitrogens is 3. The zero-order valence-corrected chi connectivity index (χ0v) is 15.0. The number of rotatable bonds is 3. The molecule has 0 bridgehead atoms. The summed E-state index contributed by atoms with van der Waals surface area (Å²) in [6, 6.07) is 6.61. The first-order chi connectivity index (χ1) is 12.5. The van der Waals surface area contributed by atoms with Crippen LogP contribution in [0.2, 0.25) is 0 Å². The van der Waals surface area contributed by atoms with Gasteiger partial charge >= 0.3 is 0 Å². The lowest BCUT2D eigenvalue weighted by Crippen LogP contribution is -2.44. The molecule has 0 radical (unpaired) electrons. The highest BCUT2D eigenvalue weighted by Crippen LogP contribution is 2.32. The Morgan fingerprint density at radius 2 is 1.96 bits per heavy atom. The van der Waals surface area contributed by atoms with Gasteiger partial charge in [0.1, 0.15) is 11.3 Å². The van der Waals surface area contributed by atoms with Crippen LogP contribution in [0.4, 0.5) is 10.2 Å². The van der Waals surface area contributed by atoms with Crippen LogP contribution in [0, 0.1) is 5.82 Å². The number of halogens is 1. The number of nitrogens with one attached hydrogen (secondary N) is 1. The lowest BCUT2D eigenvalue weighted by molar-refractivity contribution is 0.583. The highest BCUT2D eigenvalue weighted by atomic mass is 32.2. The molecule has 1 saturated heterocycles. The van der Waals surface area contributed by atoms with Gasteiger partial charge in [-0.1, -0.05) is 6.07 Å². The maximum Gasteiger partial charge on any atom is 0.226 e. The van der Waals surface area contributed by atoms with Crippen molar-refractivity contribution >= 4 is 26.6 Å². The van der Waals surface area contributed by atoms with Gasteiger partial charge in [-0.25, -0.2) is 17.8 Å². The van der Waals surface area contributed by atoms with E-state index in [0.29, 0.717) is 16.7 Å². The first kappa shape index (κ1) is 16.9. The third-order valence-corrected chi connectivity index (χ3v) is 6.16. The molecule has 136 valence electrons. The molecule has 7 nitrogen and oxygen atoms in total. The van der Waals surface area contributed by atoms with Crippen LogP contribution in [0.1, 0.15) is 0 Å². The number of fused-ring (bicyclic) bond motifs is 1. The first-order valence-electron chi connectivity index (χ1n) is 8.26. The molecule has 1 fully saturated rings.